The molecule has 0 saturated heterocycles. The number of aromatic nitrogens is 1. The molecule has 0 saturated carbocycles. The van der Waals surface area contributed by atoms with Crippen LogP contribution in [0.15, 0.2) is 36.5 Å². The van der Waals surface area contributed by atoms with Crippen molar-refractivity contribution in [1.29, 1.82) is 0 Å². The fourth-order valence-electron chi connectivity index (χ4n) is 1.56. The van der Waals surface area contributed by atoms with Gasteiger partial charge < -0.3 is 9.51 Å². The summed E-state index contributed by atoms with van der Waals surface area (Å²) in [6, 6.07) is 10.00. The number of aliphatic hydroxyl groups is 1. The number of hydrogen-bond donors (Lipinski definition) is 1. The molecular weight excluding hydrogens is 162 g/mol. The van der Waals surface area contributed by atoms with Crippen molar-refractivity contribution in [2.45, 2.75) is 19.4 Å². The van der Waals surface area contributed by atoms with Gasteiger partial charge in [-0.1, -0.05) is 13.0 Å². The Morgan fingerprint density at radius 2 is 2.15 bits per heavy atom. The first-order chi connectivity index (χ1) is 6.33. The topological polar surface area (TPSA) is 24.6 Å². The summed E-state index contributed by atoms with van der Waals surface area (Å²) in [6.07, 6.45) is 2.37. The molecule has 0 spiro atoms. The third-order valence-corrected chi connectivity index (χ3v) is 2.32. The van der Waals surface area contributed by atoms with E-state index in [1.807, 2.05) is 47.9 Å². The minimum Gasteiger partial charge on any atom is -0.387 e. The highest BCUT2D eigenvalue weighted by Gasteiger charge is 2.08. The zero-order valence-electron chi connectivity index (χ0n) is 7.64. The van der Waals surface area contributed by atoms with Gasteiger partial charge in [-0.2, -0.15) is 0 Å². The van der Waals surface area contributed by atoms with E-state index in [4.69, 9.17) is 0 Å². The molecule has 13 heavy (non-hydrogen) atoms. The number of aliphatic hydroxyl groups excluding tert-OH is 1. The van der Waals surface area contributed by atoms with Crippen molar-refractivity contribution in [2.24, 2.45) is 0 Å². The number of fused-ring (bicyclic) bond motifs is 1. The lowest BCUT2D eigenvalue weighted by molar-refractivity contribution is 0.168. The van der Waals surface area contributed by atoms with E-state index in [0.717, 1.165) is 17.6 Å². The summed E-state index contributed by atoms with van der Waals surface area (Å²) in [6.45, 7) is 1.98. The molecule has 2 heteroatoms. The van der Waals surface area contributed by atoms with Gasteiger partial charge >= 0.3 is 0 Å². The van der Waals surface area contributed by atoms with Gasteiger partial charge in [-0.3, -0.25) is 0 Å². The maximum atomic E-state index is 9.70. The van der Waals surface area contributed by atoms with Crippen molar-refractivity contribution in [3.05, 3.63) is 42.2 Å². The van der Waals surface area contributed by atoms with E-state index in [-0.39, 0.29) is 6.10 Å². The predicted molar refractivity (Wildman–Crippen MR) is 52.6 cm³/mol. The Bertz CT molecular complexity index is 405. The van der Waals surface area contributed by atoms with Gasteiger partial charge in [-0.05, 0) is 30.7 Å². The lowest BCUT2D eigenvalue weighted by Gasteiger charge is -2.07. The summed E-state index contributed by atoms with van der Waals surface area (Å²) >= 11 is 0. The molecule has 1 atom stereocenters. The first-order valence-corrected chi connectivity index (χ1v) is 4.57. The van der Waals surface area contributed by atoms with Crippen LogP contribution in [0.2, 0.25) is 0 Å². The number of nitrogens with zero attached hydrogens (tertiary/aromatic N) is 1. The van der Waals surface area contributed by atoms with Crippen LogP contribution in [0.25, 0.3) is 5.52 Å². The van der Waals surface area contributed by atoms with Crippen LogP contribution in [0.4, 0.5) is 0 Å². The zero-order valence-corrected chi connectivity index (χ0v) is 7.64. The van der Waals surface area contributed by atoms with Crippen LogP contribution in [0, 0.1) is 0 Å². The summed E-state index contributed by atoms with van der Waals surface area (Å²) in [5.74, 6) is 0. The Hall–Kier alpha value is -1.28. The van der Waals surface area contributed by atoms with Crippen LogP contribution in [-0.4, -0.2) is 9.51 Å². The van der Waals surface area contributed by atoms with Crippen molar-refractivity contribution < 1.29 is 5.11 Å². The van der Waals surface area contributed by atoms with Crippen LogP contribution in [-0.2, 0) is 0 Å². The van der Waals surface area contributed by atoms with Crippen molar-refractivity contribution in [3.63, 3.8) is 0 Å². The van der Waals surface area contributed by atoms with Crippen molar-refractivity contribution in [1.82, 2.24) is 4.40 Å². The summed E-state index contributed by atoms with van der Waals surface area (Å²) in [5.41, 5.74) is 2.10. The number of hydrogen-bond acceptors (Lipinski definition) is 1. The second-order valence-electron chi connectivity index (χ2n) is 3.18. The van der Waals surface area contributed by atoms with Crippen LogP contribution in [0.5, 0.6) is 0 Å². The first kappa shape index (κ1) is 8.32. The molecular formula is C11H13NO. The second kappa shape index (κ2) is 3.23. The smallest absolute Gasteiger partial charge is 0.0940 e. The molecule has 2 aromatic rings. The Morgan fingerprint density at radius 1 is 1.31 bits per heavy atom. The largest absolute Gasteiger partial charge is 0.387 e. The number of rotatable bonds is 2. The molecule has 2 heterocycles. The molecule has 0 aliphatic carbocycles. The average Bonchev–Trinajstić information content (AvgIpc) is 2.60. The van der Waals surface area contributed by atoms with Gasteiger partial charge in [0.15, 0.2) is 0 Å². The van der Waals surface area contributed by atoms with Gasteiger partial charge in [0.1, 0.15) is 0 Å². The Labute approximate surface area is 77.4 Å². The second-order valence-corrected chi connectivity index (χ2v) is 3.18. The van der Waals surface area contributed by atoms with Gasteiger partial charge in [0.25, 0.3) is 0 Å². The molecule has 68 valence electrons. The molecule has 1 unspecified atom stereocenters. The summed E-state index contributed by atoms with van der Waals surface area (Å²) < 4.78 is 2.02. The Balaban J connectivity index is 2.57. The van der Waals surface area contributed by atoms with E-state index in [2.05, 4.69) is 0 Å². The van der Waals surface area contributed by atoms with Gasteiger partial charge in [0.05, 0.1) is 11.8 Å². The lowest BCUT2D eigenvalue weighted by atomic mass is 10.2. The molecule has 0 radical (unpaired) electrons. The van der Waals surface area contributed by atoms with E-state index in [0.29, 0.717) is 0 Å². The van der Waals surface area contributed by atoms with Gasteiger partial charge in [-0.15, -0.1) is 0 Å². The highest BCUT2D eigenvalue weighted by atomic mass is 16.3. The molecule has 0 aliphatic heterocycles. The average molecular weight is 175 g/mol. The fourth-order valence-corrected chi connectivity index (χ4v) is 1.56. The van der Waals surface area contributed by atoms with Crippen LogP contribution in [0.1, 0.15) is 25.1 Å². The Morgan fingerprint density at radius 3 is 2.92 bits per heavy atom. The molecule has 0 aliphatic rings. The van der Waals surface area contributed by atoms with Gasteiger partial charge in [-0.25, -0.2) is 0 Å². The normalized spacial score (nSPS) is 13.4. The zero-order chi connectivity index (χ0) is 9.26. The highest BCUT2D eigenvalue weighted by Crippen LogP contribution is 2.19. The van der Waals surface area contributed by atoms with Crippen molar-refractivity contribution in [3.8, 4) is 0 Å². The summed E-state index contributed by atoms with van der Waals surface area (Å²) in [4.78, 5) is 0. The molecule has 1 N–H and O–H groups in total. The molecule has 0 amide bonds. The molecule has 2 aromatic heterocycles. The van der Waals surface area contributed by atoms with Crippen LogP contribution < -0.4 is 0 Å². The minimum absolute atomic E-state index is 0.357. The molecule has 0 fully saturated rings. The van der Waals surface area contributed by atoms with E-state index in [1.165, 1.54) is 0 Å². The van der Waals surface area contributed by atoms with Crippen molar-refractivity contribution in [2.75, 3.05) is 0 Å². The van der Waals surface area contributed by atoms with E-state index in [9.17, 15) is 5.11 Å². The van der Waals surface area contributed by atoms with Crippen LogP contribution >= 0.6 is 0 Å². The van der Waals surface area contributed by atoms with E-state index < -0.39 is 0 Å². The third-order valence-electron chi connectivity index (χ3n) is 2.32. The monoisotopic (exact) mass is 175 g/mol. The lowest BCUT2D eigenvalue weighted by Crippen LogP contribution is -1.99. The first-order valence-electron chi connectivity index (χ1n) is 4.57. The SMILES string of the molecule is CCC(O)c1ccc2ccccn12. The maximum absolute atomic E-state index is 9.70. The maximum Gasteiger partial charge on any atom is 0.0940 e. The van der Waals surface area contributed by atoms with Gasteiger partial charge in [0.2, 0.25) is 0 Å². The van der Waals surface area contributed by atoms with E-state index >= 15 is 0 Å². The van der Waals surface area contributed by atoms with E-state index in [1.54, 1.807) is 0 Å². The van der Waals surface area contributed by atoms with Gasteiger partial charge in [0, 0.05) is 11.7 Å². The standard InChI is InChI=1S/C11H13NO/c1-2-11(13)10-7-6-9-5-3-4-8-12(9)10/h3-8,11,13H,2H2,1H3. The summed E-state index contributed by atoms with van der Waals surface area (Å²) in [5, 5.41) is 9.70. The van der Waals surface area contributed by atoms with Crippen molar-refractivity contribution >= 4 is 5.52 Å². The number of pyridine rings is 1. The molecule has 0 bridgehead atoms. The quantitative estimate of drug-likeness (QED) is 0.744. The predicted octanol–water partition coefficient (Wildman–Crippen LogP) is 2.38. The molecule has 0 aromatic carbocycles. The Kier molecular flexibility index (Phi) is 2.07. The van der Waals surface area contributed by atoms with Crippen LogP contribution in [0.3, 0.4) is 0 Å². The highest BCUT2D eigenvalue weighted by molar-refractivity contribution is 5.49. The third kappa shape index (κ3) is 1.33. The molecule has 2 rings (SSSR count). The minimum atomic E-state index is -0.357. The molecule has 2 nitrogen and oxygen atoms in total. The summed E-state index contributed by atoms with van der Waals surface area (Å²) in [7, 11) is 0. The fraction of sp³-hybridized carbons (Fsp3) is 0.273.